The monoisotopic (exact) mass is 310 g/mol. The summed E-state index contributed by atoms with van der Waals surface area (Å²) in [4.78, 5) is 6.04. The van der Waals surface area contributed by atoms with E-state index in [0.717, 1.165) is 13.0 Å². The number of aromatic nitrogens is 1. The van der Waals surface area contributed by atoms with Gasteiger partial charge in [-0.05, 0) is 40.1 Å². The molecule has 1 heterocycles. The molecule has 0 spiro atoms. The van der Waals surface area contributed by atoms with Crippen LogP contribution in [0.15, 0.2) is 23.4 Å². The Morgan fingerprint density at radius 3 is 2.76 bits per heavy atom. The van der Waals surface area contributed by atoms with Gasteiger partial charge in [0.15, 0.2) is 0 Å². The largest absolute Gasteiger partial charge is 0.320 e. The molecule has 0 amide bonds. The van der Waals surface area contributed by atoms with E-state index < -0.39 is 10.0 Å². The number of hydrogen-bond donors (Lipinski definition) is 2. The maximum atomic E-state index is 12.3. The van der Waals surface area contributed by atoms with Crippen LogP contribution in [0.25, 0.3) is 0 Å². The number of nitrogens with zero attached hydrogens (tertiary/aromatic N) is 2. The van der Waals surface area contributed by atoms with Crippen LogP contribution in [0.5, 0.6) is 0 Å². The first-order chi connectivity index (χ1) is 9.85. The van der Waals surface area contributed by atoms with Crippen molar-refractivity contribution in [2.24, 2.45) is 5.73 Å². The van der Waals surface area contributed by atoms with Crippen molar-refractivity contribution in [1.82, 2.24) is 14.6 Å². The maximum Gasteiger partial charge on any atom is 0.242 e. The lowest BCUT2D eigenvalue weighted by molar-refractivity contribution is 0.379. The van der Waals surface area contributed by atoms with Crippen LogP contribution in [0.4, 0.5) is 0 Å². The van der Waals surface area contributed by atoms with E-state index in [4.69, 9.17) is 5.73 Å². The second kappa shape index (κ2) is 8.10. The van der Waals surface area contributed by atoms with Crippen LogP contribution < -0.4 is 10.5 Å². The Kier molecular flexibility index (Phi) is 6.78. The number of nitrogens with one attached hydrogen (secondary N) is 1. The van der Waals surface area contributed by atoms with Crippen LogP contribution in [-0.2, 0) is 10.0 Å². The number of pyridine rings is 1. The van der Waals surface area contributed by atoms with Gasteiger partial charge in [-0.1, -0.05) is 11.8 Å². The Labute approximate surface area is 126 Å². The highest BCUT2D eigenvalue weighted by Crippen LogP contribution is 2.10. The van der Waals surface area contributed by atoms with E-state index in [0.29, 0.717) is 5.56 Å². The van der Waals surface area contributed by atoms with Gasteiger partial charge >= 0.3 is 0 Å². The minimum Gasteiger partial charge on any atom is -0.320 e. The SMILES string of the molecule is CC(CCN(C)C)NS(=O)(=O)c1cncc(C#CCN)c1. The van der Waals surface area contributed by atoms with Crippen molar-refractivity contribution in [3.05, 3.63) is 24.0 Å². The molecule has 1 unspecified atom stereocenters. The Hall–Kier alpha value is -1.46. The van der Waals surface area contributed by atoms with Crippen molar-refractivity contribution in [1.29, 1.82) is 0 Å². The van der Waals surface area contributed by atoms with Gasteiger partial charge in [-0.15, -0.1) is 0 Å². The molecule has 0 aromatic carbocycles. The van der Waals surface area contributed by atoms with Gasteiger partial charge in [-0.3, -0.25) is 4.98 Å². The van der Waals surface area contributed by atoms with Gasteiger partial charge in [-0.25, -0.2) is 13.1 Å². The predicted molar refractivity (Wildman–Crippen MR) is 83.1 cm³/mol. The third kappa shape index (κ3) is 6.23. The average molecular weight is 310 g/mol. The number of hydrogen-bond acceptors (Lipinski definition) is 5. The van der Waals surface area contributed by atoms with Gasteiger partial charge in [0, 0.05) is 24.0 Å². The molecule has 7 heteroatoms. The Morgan fingerprint density at radius 2 is 2.14 bits per heavy atom. The molecular formula is C14H22N4O2S. The van der Waals surface area contributed by atoms with Gasteiger partial charge in [0.25, 0.3) is 0 Å². The highest BCUT2D eigenvalue weighted by atomic mass is 32.2. The fourth-order valence-electron chi connectivity index (χ4n) is 1.63. The first-order valence-electron chi connectivity index (χ1n) is 6.66. The molecule has 6 nitrogen and oxygen atoms in total. The lowest BCUT2D eigenvalue weighted by Crippen LogP contribution is -2.34. The number of nitrogens with two attached hydrogens (primary N) is 1. The summed E-state index contributed by atoms with van der Waals surface area (Å²) >= 11 is 0. The van der Waals surface area contributed by atoms with E-state index >= 15 is 0 Å². The quantitative estimate of drug-likeness (QED) is 0.723. The summed E-state index contributed by atoms with van der Waals surface area (Å²) < 4.78 is 27.2. The van der Waals surface area contributed by atoms with Gasteiger partial charge in [0.2, 0.25) is 10.0 Å². The van der Waals surface area contributed by atoms with Gasteiger partial charge in [0.1, 0.15) is 4.90 Å². The van der Waals surface area contributed by atoms with E-state index in [2.05, 4.69) is 21.5 Å². The van der Waals surface area contributed by atoms with Crippen LogP contribution in [0.1, 0.15) is 18.9 Å². The van der Waals surface area contributed by atoms with E-state index in [-0.39, 0.29) is 17.5 Å². The molecule has 0 radical (unpaired) electrons. The zero-order valence-corrected chi connectivity index (χ0v) is 13.4. The fraction of sp³-hybridized carbons (Fsp3) is 0.500. The van der Waals surface area contributed by atoms with Gasteiger partial charge < -0.3 is 10.6 Å². The normalized spacial score (nSPS) is 12.8. The van der Waals surface area contributed by atoms with E-state index in [1.54, 1.807) is 0 Å². The zero-order valence-electron chi connectivity index (χ0n) is 12.6. The summed E-state index contributed by atoms with van der Waals surface area (Å²) in [5.74, 6) is 5.45. The third-order valence-corrected chi connectivity index (χ3v) is 4.28. The van der Waals surface area contributed by atoms with Crippen LogP contribution in [0.3, 0.4) is 0 Å². The standard InChI is InChI=1S/C14H22N4O2S/c1-12(6-8-18(2)3)17-21(19,20)14-9-13(5-4-7-15)10-16-11-14/h9-12,17H,6-8,15H2,1-3H3. The molecular weight excluding hydrogens is 288 g/mol. The summed E-state index contributed by atoms with van der Waals surface area (Å²) in [5.41, 5.74) is 5.83. The molecule has 1 rings (SSSR count). The molecule has 21 heavy (non-hydrogen) atoms. The number of rotatable bonds is 6. The Morgan fingerprint density at radius 1 is 1.43 bits per heavy atom. The van der Waals surface area contributed by atoms with Crippen molar-refractivity contribution in [3.8, 4) is 11.8 Å². The molecule has 0 fully saturated rings. The topological polar surface area (TPSA) is 88.3 Å². The second-order valence-electron chi connectivity index (χ2n) is 5.03. The molecule has 3 N–H and O–H groups in total. The van der Waals surface area contributed by atoms with Crippen molar-refractivity contribution < 1.29 is 8.42 Å². The summed E-state index contributed by atoms with van der Waals surface area (Å²) in [5, 5.41) is 0. The highest BCUT2D eigenvalue weighted by Gasteiger charge is 2.18. The molecule has 0 aliphatic carbocycles. The minimum absolute atomic E-state index is 0.114. The zero-order chi connectivity index (χ0) is 15.9. The maximum absolute atomic E-state index is 12.3. The molecule has 1 aromatic rings. The number of sulfonamides is 1. The first kappa shape index (κ1) is 17.6. The van der Waals surface area contributed by atoms with Crippen molar-refractivity contribution in [2.75, 3.05) is 27.2 Å². The molecule has 0 saturated carbocycles. The van der Waals surface area contributed by atoms with Crippen LogP contribution in [0.2, 0.25) is 0 Å². The Balaban J connectivity index is 2.83. The second-order valence-corrected chi connectivity index (χ2v) is 6.74. The van der Waals surface area contributed by atoms with Crippen molar-refractivity contribution in [2.45, 2.75) is 24.3 Å². The van der Waals surface area contributed by atoms with Crippen molar-refractivity contribution in [3.63, 3.8) is 0 Å². The summed E-state index contributed by atoms with van der Waals surface area (Å²) in [7, 11) is 0.313. The average Bonchev–Trinajstić information content (AvgIpc) is 2.43. The van der Waals surface area contributed by atoms with Crippen LogP contribution >= 0.6 is 0 Å². The summed E-state index contributed by atoms with van der Waals surface area (Å²) in [6.07, 6.45) is 3.55. The van der Waals surface area contributed by atoms with Crippen LogP contribution in [0, 0.1) is 11.8 Å². The smallest absolute Gasteiger partial charge is 0.242 e. The fourth-order valence-corrected chi connectivity index (χ4v) is 2.90. The van der Waals surface area contributed by atoms with Crippen LogP contribution in [-0.4, -0.2) is 51.5 Å². The molecule has 0 bridgehead atoms. The Bertz CT molecular complexity index is 617. The molecule has 0 aliphatic heterocycles. The lowest BCUT2D eigenvalue weighted by atomic mass is 10.2. The predicted octanol–water partition coefficient (Wildman–Crippen LogP) is 0.0103. The highest BCUT2D eigenvalue weighted by molar-refractivity contribution is 7.89. The van der Waals surface area contributed by atoms with Gasteiger partial charge in [0.05, 0.1) is 6.54 Å². The van der Waals surface area contributed by atoms with Gasteiger partial charge in [-0.2, -0.15) is 0 Å². The van der Waals surface area contributed by atoms with E-state index in [1.165, 1.54) is 18.5 Å². The molecule has 0 aliphatic rings. The molecule has 1 aromatic heterocycles. The minimum atomic E-state index is -3.58. The van der Waals surface area contributed by atoms with E-state index in [9.17, 15) is 8.42 Å². The van der Waals surface area contributed by atoms with E-state index in [1.807, 2.05) is 25.9 Å². The van der Waals surface area contributed by atoms with Crippen molar-refractivity contribution >= 4 is 10.0 Å². The first-order valence-corrected chi connectivity index (χ1v) is 8.14. The summed E-state index contributed by atoms with van der Waals surface area (Å²) in [6.45, 7) is 2.87. The summed E-state index contributed by atoms with van der Waals surface area (Å²) in [6, 6.07) is 1.34. The lowest BCUT2D eigenvalue weighted by Gasteiger charge is -2.16. The molecule has 0 saturated heterocycles. The molecule has 1 atom stereocenters. The third-order valence-electron chi connectivity index (χ3n) is 2.72. The molecule has 116 valence electrons.